The van der Waals surface area contributed by atoms with Gasteiger partial charge in [-0.3, -0.25) is 4.79 Å². The summed E-state index contributed by atoms with van der Waals surface area (Å²) in [5, 5.41) is 19.2. The van der Waals surface area contributed by atoms with Crippen LogP contribution in [0.5, 0.6) is 0 Å². The van der Waals surface area contributed by atoms with Crippen LogP contribution in [0.4, 0.5) is 5.00 Å². The van der Waals surface area contributed by atoms with Gasteiger partial charge in [0.05, 0.1) is 6.61 Å². The average Bonchev–Trinajstić information content (AvgIpc) is 2.89. The first kappa shape index (κ1) is 20.9. The predicted octanol–water partition coefficient (Wildman–Crippen LogP) is 5.79. The molecule has 1 heterocycles. The third-order valence-corrected chi connectivity index (χ3v) is 5.90. The van der Waals surface area contributed by atoms with Crippen molar-refractivity contribution < 1.29 is 19.4 Å². The molecule has 0 fully saturated rings. The number of allylic oxidation sites excluding steroid dienone is 1. The minimum absolute atomic E-state index is 0.144. The van der Waals surface area contributed by atoms with E-state index in [0.717, 1.165) is 42.5 Å². The Morgan fingerprint density at radius 3 is 2.55 bits per heavy atom. The van der Waals surface area contributed by atoms with E-state index in [-0.39, 0.29) is 18.1 Å². The SMILES string of the molecule is CCOC(=O)c1c(N=NC(C(C)=O)=C(O)c2ccccc2)sc2c1CCCCC2. The van der Waals surface area contributed by atoms with Gasteiger partial charge in [-0.2, -0.15) is 0 Å². The van der Waals surface area contributed by atoms with Crippen LogP contribution in [0.3, 0.4) is 0 Å². The summed E-state index contributed by atoms with van der Waals surface area (Å²) in [6.45, 7) is 3.36. The number of hydrogen-bond acceptors (Lipinski definition) is 7. The number of ketones is 1. The molecule has 0 saturated heterocycles. The molecule has 1 aliphatic rings. The number of azo groups is 1. The Bertz CT molecular complexity index is 961. The number of carbonyl (C=O) groups is 2. The van der Waals surface area contributed by atoms with Gasteiger partial charge in [0, 0.05) is 17.4 Å². The fraction of sp³-hybridized carbons (Fsp3) is 0.364. The van der Waals surface area contributed by atoms with Gasteiger partial charge in [0.1, 0.15) is 5.56 Å². The van der Waals surface area contributed by atoms with E-state index in [0.29, 0.717) is 16.1 Å². The Morgan fingerprint density at radius 1 is 1.14 bits per heavy atom. The summed E-state index contributed by atoms with van der Waals surface area (Å²) in [6, 6.07) is 8.71. The van der Waals surface area contributed by atoms with Crippen LogP contribution >= 0.6 is 11.3 Å². The Balaban J connectivity index is 2.04. The number of carbonyl (C=O) groups excluding carboxylic acids is 2. The number of aliphatic hydroxyl groups excluding tert-OH is 1. The number of Topliss-reactive ketones (excluding diaryl/α,β-unsaturated/α-hetero) is 1. The van der Waals surface area contributed by atoms with E-state index in [1.807, 2.05) is 6.07 Å². The minimum Gasteiger partial charge on any atom is -0.505 e. The second kappa shape index (κ2) is 9.60. The molecule has 0 bridgehead atoms. The molecule has 0 radical (unpaired) electrons. The number of rotatable bonds is 6. The minimum atomic E-state index is -0.415. The van der Waals surface area contributed by atoms with Gasteiger partial charge in [-0.05, 0) is 38.2 Å². The quantitative estimate of drug-likeness (QED) is 0.214. The van der Waals surface area contributed by atoms with Crippen molar-refractivity contribution >= 4 is 33.8 Å². The summed E-state index contributed by atoms with van der Waals surface area (Å²) in [4.78, 5) is 25.8. The number of aliphatic hydroxyl groups is 1. The summed E-state index contributed by atoms with van der Waals surface area (Å²) >= 11 is 1.41. The molecule has 7 heteroatoms. The molecular formula is C22H24N2O4S. The topological polar surface area (TPSA) is 88.3 Å². The first-order valence-corrected chi connectivity index (χ1v) is 10.6. The predicted molar refractivity (Wildman–Crippen MR) is 113 cm³/mol. The van der Waals surface area contributed by atoms with Gasteiger partial charge in [-0.15, -0.1) is 21.6 Å². The van der Waals surface area contributed by atoms with Crippen LogP contribution in [0.1, 0.15) is 59.5 Å². The van der Waals surface area contributed by atoms with Crippen molar-refractivity contribution in [3.8, 4) is 0 Å². The number of thiophene rings is 1. The number of benzene rings is 1. The number of nitrogens with zero attached hydrogens (tertiary/aromatic N) is 2. The smallest absolute Gasteiger partial charge is 0.341 e. The third kappa shape index (κ3) is 4.79. The Morgan fingerprint density at radius 2 is 1.86 bits per heavy atom. The van der Waals surface area contributed by atoms with E-state index < -0.39 is 11.8 Å². The lowest BCUT2D eigenvalue weighted by molar-refractivity contribution is -0.113. The van der Waals surface area contributed by atoms with Gasteiger partial charge in [0.25, 0.3) is 0 Å². The molecule has 0 amide bonds. The van der Waals surface area contributed by atoms with Crippen LogP contribution in [0, 0.1) is 0 Å². The number of ether oxygens (including phenoxy) is 1. The van der Waals surface area contributed by atoms with Crippen LogP contribution in [0.2, 0.25) is 0 Å². The number of hydrogen-bond donors (Lipinski definition) is 1. The average molecular weight is 413 g/mol. The van der Waals surface area contributed by atoms with E-state index in [9.17, 15) is 14.7 Å². The number of aryl methyl sites for hydroxylation is 1. The van der Waals surface area contributed by atoms with Crippen LogP contribution < -0.4 is 0 Å². The summed E-state index contributed by atoms with van der Waals surface area (Å²) in [5.41, 5.74) is 1.76. The van der Waals surface area contributed by atoms with Gasteiger partial charge < -0.3 is 9.84 Å². The maximum absolute atomic E-state index is 12.6. The lowest BCUT2D eigenvalue weighted by atomic mass is 10.1. The Hall–Kier alpha value is -2.80. The van der Waals surface area contributed by atoms with Gasteiger partial charge in [0.15, 0.2) is 22.2 Å². The van der Waals surface area contributed by atoms with Crippen LogP contribution in [-0.4, -0.2) is 23.5 Å². The molecule has 1 aliphatic carbocycles. The van der Waals surface area contributed by atoms with Crippen LogP contribution in [0.25, 0.3) is 5.76 Å². The first-order chi connectivity index (χ1) is 14.0. The van der Waals surface area contributed by atoms with E-state index in [2.05, 4.69) is 10.2 Å². The first-order valence-electron chi connectivity index (χ1n) is 9.76. The van der Waals surface area contributed by atoms with E-state index in [1.54, 1.807) is 31.2 Å². The molecule has 2 aromatic rings. The van der Waals surface area contributed by atoms with Crippen molar-refractivity contribution in [1.29, 1.82) is 0 Å². The fourth-order valence-corrected chi connectivity index (χ4v) is 4.52. The van der Waals surface area contributed by atoms with Gasteiger partial charge in [-0.25, -0.2) is 4.79 Å². The molecule has 0 saturated carbocycles. The maximum Gasteiger partial charge on any atom is 0.341 e. The second-order valence-electron chi connectivity index (χ2n) is 6.78. The van der Waals surface area contributed by atoms with Gasteiger partial charge in [0.2, 0.25) is 0 Å². The highest BCUT2D eigenvalue weighted by Crippen LogP contribution is 2.40. The highest BCUT2D eigenvalue weighted by molar-refractivity contribution is 7.16. The van der Waals surface area contributed by atoms with Crippen molar-refractivity contribution in [3.63, 3.8) is 0 Å². The largest absolute Gasteiger partial charge is 0.505 e. The molecule has 29 heavy (non-hydrogen) atoms. The lowest BCUT2D eigenvalue weighted by Crippen LogP contribution is -2.07. The highest BCUT2D eigenvalue weighted by Gasteiger charge is 2.26. The normalized spacial score (nSPS) is 14.8. The summed E-state index contributed by atoms with van der Waals surface area (Å²) in [7, 11) is 0. The summed E-state index contributed by atoms with van der Waals surface area (Å²) in [6.07, 6.45) is 4.91. The zero-order valence-corrected chi connectivity index (χ0v) is 17.4. The van der Waals surface area contributed by atoms with E-state index in [4.69, 9.17) is 4.74 Å². The van der Waals surface area contributed by atoms with Gasteiger partial charge >= 0.3 is 5.97 Å². The zero-order chi connectivity index (χ0) is 20.8. The van der Waals surface area contributed by atoms with E-state index in [1.165, 1.54) is 18.3 Å². The van der Waals surface area contributed by atoms with Gasteiger partial charge in [-0.1, -0.05) is 36.8 Å². The summed E-state index contributed by atoms with van der Waals surface area (Å²) in [5.74, 6) is -1.06. The van der Waals surface area contributed by atoms with Crippen molar-refractivity contribution in [2.45, 2.75) is 46.0 Å². The van der Waals surface area contributed by atoms with Crippen molar-refractivity contribution in [1.82, 2.24) is 0 Å². The Labute approximate surface area is 173 Å². The van der Waals surface area contributed by atoms with Crippen LogP contribution in [-0.2, 0) is 22.4 Å². The molecule has 1 aromatic carbocycles. The molecule has 1 aromatic heterocycles. The van der Waals surface area contributed by atoms with E-state index >= 15 is 0 Å². The number of fused-ring (bicyclic) bond motifs is 1. The molecule has 6 nitrogen and oxygen atoms in total. The van der Waals surface area contributed by atoms with Crippen molar-refractivity contribution in [2.75, 3.05) is 6.61 Å². The molecule has 1 N–H and O–H groups in total. The van der Waals surface area contributed by atoms with Crippen molar-refractivity contribution in [3.05, 3.63) is 57.6 Å². The monoisotopic (exact) mass is 412 g/mol. The highest BCUT2D eigenvalue weighted by atomic mass is 32.1. The molecule has 0 aliphatic heterocycles. The molecule has 152 valence electrons. The van der Waals surface area contributed by atoms with Crippen LogP contribution in [0.15, 0.2) is 46.3 Å². The fourth-order valence-electron chi connectivity index (χ4n) is 3.33. The molecule has 0 spiro atoms. The number of esters is 1. The Kier molecular flexibility index (Phi) is 6.93. The maximum atomic E-state index is 12.6. The molecular weight excluding hydrogens is 388 g/mol. The lowest BCUT2D eigenvalue weighted by Gasteiger charge is -2.05. The summed E-state index contributed by atoms with van der Waals surface area (Å²) < 4.78 is 5.24. The van der Waals surface area contributed by atoms with Crippen molar-refractivity contribution in [2.24, 2.45) is 10.2 Å². The molecule has 3 rings (SSSR count). The third-order valence-electron chi connectivity index (χ3n) is 4.73. The standard InChI is InChI=1S/C22H24N2O4S/c1-3-28-22(27)18-16-12-8-5-9-13-17(16)29-21(18)24-23-19(14(2)25)20(26)15-10-6-4-7-11-15/h4,6-7,10-11,26H,3,5,8-9,12-13H2,1-2H3. The zero-order valence-electron chi connectivity index (χ0n) is 16.6. The second-order valence-corrected chi connectivity index (χ2v) is 7.87. The molecule has 0 unspecified atom stereocenters. The molecule has 0 atom stereocenters.